The number of rotatable bonds is 8. The molecular formula is C59H42N2. The summed E-state index contributed by atoms with van der Waals surface area (Å²) in [6.45, 7) is 0. The van der Waals surface area contributed by atoms with E-state index >= 15 is 0 Å². The van der Waals surface area contributed by atoms with Crippen LogP contribution in [0.3, 0.4) is 0 Å². The van der Waals surface area contributed by atoms with E-state index in [1.165, 1.54) is 81.9 Å². The van der Waals surface area contributed by atoms with Crippen molar-refractivity contribution >= 4 is 65.4 Å². The minimum absolute atomic E-state index is 0.740. The van der Waals surface area contributed by atoms with Gasteiger partial charge in [-0.25, -0.2) is 0 Å². The molecule has 1 aromatic heterocycles. The topological polar surface area (TPSA) is 30.9 Å². The van der Waals surface area contributed by atoms with Crippen molar-refractivity contribution < 1.29 is 0 Å². The van der Waals surface area contributed by atoms with Gasteiger partial charge in [-0.15, -0.1) is 0 Å². The third-order valence-corrected chi connectivity index (χ3v) is 12.2. The zero-order chi connectivity index (χ0) is 40.7. The second kappa shape index (κ2) is 15.3. The Labute approximate surface area is 355 Å². The smallest absolute Gasteiger partial charge is 0.0547 e. The fourth-order valence-electron chi connectivity index (χ4n) is 9.26. The predicted molar refractivity (Wildman–Crippen MR) is 261 cm³/mol. The first-order valence-electron chi connectivity index (χ1n) is 21.0. The van der Waals surface area contributed by atoms with Gasteiger partial charge in [0.1, 0.15) is 0 Å². The van der Waals surface area contributed by atoms with Gasteiger partial charge in [0.05, 0.1) is 11.0 Å². The van der Waals surface area contributed by atoms with E-state index in [1.54, 1.807) is 0 Å². The second-order valence-electron chi connectivity index (χ2n) is 15.8. The molecule has 0 saturated heterocycles. The molecule has 0 amide bonds. The van der Waals surface area contributed by atoms with Gasteiger partial charge in [0, 0.05) is 27.7 Å². The Morgan fingerprint density at radius 1 is 0.410 bits per heavy atom. The third-order valence-electron chi connectivity index (χ3n) is 12.2. The van der Waals surface area contributed by atoms with Crippen LogP contribution in [0, 0.1) is 0 Å². The zero-order valence-corrected chi connectivity index (χ0v) is 33.7. The van der Waals surface area contributed by atoms with Crippen LogP contribution >= 0.6 is 0 Å². The number of hydrogen-bond acceptors (Lipinski definition) is 1. The van der Waals surface area contributed by atoms with Gasteiger partial charge in [-0.2, -0.15) is 0 Å². The average molecular weight is 779 g/mol. The molecule has 288 valence electrons. The van der Waals surface area contributed by atoms with Gasteiger partial charge in [0.2, 0.25) is 0 Å². The number of allylic oxidation sites excluding steroid dienone is 3. The molecule has 0 aliphatic heterocycles. The number of hydrogen-bond donors (Lipinski definition) is 1. The van der Waals surface area contributed by atoms with Crippen molar-refractivity contribution in [3.8, 4) is 27.9 Å². The number of para-hydroxylation sites is 1. The van der Waals surface area contributed by atoms with Gasteiger partial charge in [-0.1, -0.05) is 194 Å². The van der Waals surface area contributed by atoms with Crippen LogP contribution in [0.5, 0.6) is 0 Å². The van der Waals surface area contributed by atoms with E-state index in [-0.39, 0.29) is 0 Å². The first-order chi connectivity index (χ1) is 30.2. The number of aromatic nitrogens is 1. The summed E-state index contributed by atoms with van der Waals surface area (Å²) in [5.41, 5.74) is 20.8. The fraction of sp³-hybridized carbons (Fsp3) is 0.0169. The van der Waals surface area contributed by atoms with Crippen molar-refractivity contribution in [2.75, 3.05) is 0 Å². The van der Waals surface area contributed by atoms with Gasteiger partial charge in [0.25, 0.3) is 0 Å². The summed E-state index contributed by atoms with van der Waals surface area (Å²) in [7, 11) is 0. The maximum atomic E-state index is 7.23. The SMILES string of the molecule is N/C(=C\C(=C/Cc1ccccc1)c1ccccc1)c1cccc2c3ccccc3c3cc(-c4ccc5c6ccccc6n(-c6ccc(-c7ccccc7)cc6)c5c4)ccc3c12. The lowest BCUT2D eigenvalue weighted by molar-refractivity contribution is 1.18. The summed E-state index contributed by atoms with van der Waals surface area (Å²) in [5, 5.41) is 9.69. The van der Waals surface area contributed by atoms with Crippen molar-refractivity contribution in [3.05, 3.63) is 247 Å². The molecule has 0 unspecified atom stereocenters. The second-order valence-corrected chi connectivity index (χ2v) is 15.8. The molecule has 2 nitrogen and oxygen atoms in total. The number of fused-ring (bicyclic) bond motifs is 9. The highest BCUT2D eigenvalue weighted by atomic mass is 15.0. The van der Waals surface area contributed by atoms with Crippen molar-refractivity contribution in [2.45, 2.75) is 6.42 Å². The molecule has 1 heterocycles. The Hall–Kier alpha value is -7.94. The fourth-order valence-corrected chi connectivity index (χ4v) is 9.26. The van der Waals surface area contributed by atoms with Crippen LogP contribution in [0.25, 0.3) is 93.3 Å². The summed E-state index contributed by atoms with van der Waals surface area (Å²) in [6.07, 6.45) is 5.26. The quantitative estimate of drug-likeness (QED) is 0.121. The van der Waals surface area contributed by atoms with Crippen LogP contribution in [0.4, 0.5) is 0 Å². The summed E-state index contributed by atoms with van der Waals surface area (Å²) >= 11 is 0. The summed E-state index contributed by atoms with van der Waals surface area (Å²) in [5.74, 6) is 0. The molecule has 11 rings (SSSR count). The van der Waals surface area contributed by atoms with Crippen molar-refractivity contribution in [3.63, 3.8) is 0 Å². The standard InChI is InChI=1S/C59H42N2/c60-56(38-45(42-19-8-3-9-20-42)28-27-40-15-4-1-5-16-40)54-25-14-24-52-48-21-10-11-22-49(48)55-37-44(32-36-53(55)59(52)54)46-31-35-51-50-23-12-13-26-57(50)61(58(51)39-46)47-33-29-43(30-34-47)41-17-6-2-7-18-41/h1-26,28-39H,27,60H2/b45-28+,56-38-. The van der Waals surface area contributed by atoms with E-state index in [9.17, 15) is 0 Å². The van der Waals surface area contributed by atoms with E-state index in [1.807, 2.05) is 0 Å². The third kappa shape index (κ3) is 6.56. The van der Waals surface area contributed by atoms with Crippen LogP contribution in [-0.2, 0) is 6.42 Å². The lowest BCUT2D eigenvalue weighted by Crippen LogP contribution is -1.99. The molecule has 2 heteroatoms. The molecule has 0 aliphatic rings. The largest absolute Gasteiger partial charge is 0.398 e. The Kier molecular flexibility index (Phi) is 9.09. The lowest BCUT2D eigenvalue weighted by atomic mass is 9.89. The van der Waals surface area contributed by atoms with Gasteiger partial charge >= 0.3 is 0 Å². The Morgan fingerprint density at radius 2 is 0.951 bits per heavy atom. The van der Waals surface area contributed by atoms with E-state index in [4.69, 9.17) is 5.73 Å². The molecule has 61 heavy (non-hydrogen) atoms. The molecule has 0 aliphatic carbocycles. The van der Waals surface area contributed by atoms with E-state index in [0.717, 1.165) is 34.5 Å². The number of nitrogens with two attached hydrogens (primary N) is 1. The molecule has 0 spiro atoms. The highest BCUT2D eigenvalue weighted by molar-refractivity contribution is 6.28. The van der Waals surface area contributed by atoms with Gasteiger partial charge in [-0.05, 0) is 114 Å². The molecule has 0 atom stereocenters. The maximum Gasteiger partial charge on any atom is 0.0547 e. The number of benzene rings is 10. The van der Waals surface area contributed by atoms with Crippen LogP contribution in [0.15, 0.2) is 231 Å². The minimum atomic E-state index is 0.740. The van der Waals surface area contributed by atoms with Crippen LogP contribution in [0.2, 0.25) is 0 Å². The van der Waals surface area contributed by atoms with Crippen LogP contribution < -0.4 is 5.73 Å². The van der Waals surface area contributed by atoms with Crippen LogP contribution in [0.1, 0.15) is 16.7 Å². The number of nitrogens with zero attached hydrogens (tertiary/aromatic N) is 1. The van der Waals surface area contributed by atoms with E-state index in [0.29, 0.717) is 0 Å². The Balaban J connectivity index is 1.06. The monoisotopic (exact) mass is 778 g/mol. The highest BCUT2D eigenvalue weighted by Gasteiger charge is 2.17. The molecule has 11 aromatic rings. The predicted octanol–water partition coefficient (Wildman–Crippen LogP) is 15.2. The normalized spacial score (nSPS) is 12.3. The van der Waals surface area contributed by atoms with Gasteiger partial charge in [0.15, 0.2) is 0 Å². The van der Waals surface area contributed by atoms with Crippen molar-refractivity contribution in [1.29, 1.82) is 0 Å². The first kappa shape index (κ1) is 36.2. The van der Waals surface area contributed by atoms with Crippen molar-refractivity contribution in [1.82, 2.24) is 4.57 Å². The molecule has 0 saturated carbocycles. The Bertz CT molecular complexity index is 3470. The molecular weight excluding hydrogens is 737 g/mol. The molecule has 10 aromatic carbocycles. The molecule has 0 radical (unpaired) electrons. The first-order valence-corrected chi connectivity index (χ1v) is 21.0. The summed E-state index contributed by atoms with van der Waals surface area (Å²) in [4.78, 5) is 0. The summed E-state index contributed by atoms with van der Waals surface area (Å²) < 4.78 is 2.41. The van der Waals surface area contributed by atoms with Crippen LogP contribution in [-0.4, -0.2) is 4.57 Å². The van der Waals surface area contributed by atoms with Crippen molar-refractivity contribution in [2.24, 2.45) is 5.73 Å². The zero-order valence-electron chi connectivity index (χ0n) is 33.7. The van der Waals surface area contributed by atoms with Gasteiger partial charge in [-0.3, -0.25) is 0 Å². The van der Waals surface area contributed by atoms with E-state index < -0.39 is 0 Å². The lowest BCUT2D eigenvalue weighted by Gasteiger charge is -2.16. The molecule has 2 N–H and O–H groups in total. The minimum Gasteiger partial charge on any atom is -0.398 e. The Morgan fingerprint density at radius 3 is 1.70 bits per heavy atom. The average Bonchev–Trinajstić information content (AvgIpc) is 3.67. The van der Waals surface area contributed by atoms with E-state index in [2.05, 4.69) is 235 Å². The molecule has 0 bridgehead atoms. The maximum absolute atomic E-state index is 7.23. The summed E-state index contributed by atoms with van der Waals surface area (Å²) in [6, 6.07) is 78.7. The molecule has 0 fully saturated rings. The highest BCUT2D eigenvalue weighted by Crippen LogP contribution is 2.41. The van der Waals surface area contributed by atoms with Gasteiger partial charge < -0.3 is 10.3 Å².